The Morgan fingerprint density at radius 2 is 1.93 bits per heavy atom. The van der Waals surface area contributed by atoms with E-state index in [0.717, 1.165) is 22.6 Å². The van der Waals surface area contributed by atoms with Crippen LogP contribution < -0.4 is 10.6 Å². The van der Waals surface area contributed by atoms with Gasteiger partial charge < -0.3 is 5.73 Å². The number of amides is 1. The quantitative estimate of drug-likeness (QED) is 0.505. The fraction of sp³-hybridized carbons (Fsp3) is 0.263. The summed E-state index contributed by atoms with van der Waals surface area (Å²) in [4.78, 5) is 27.1. The maximum absolute atomic E-state index is 12.3. The molecule has 0 fully saturated rings. The number of aryl methyl sites for hydroxylation is 3. The monoisotopic (exact) mass is 399 g/mol. The summed E-state index contributed by atoms with van der Waals surface area (Å²) in [6.45, 7) is 7.52. The molecule has 0 spiro atoms. The number of carbonyl (C=O) groups is 1. The highest BCUT2D eigenvalue weighted by atomic mass is 32.2. The van der Waals surface area contributed by atoms with Crippen LogP contribution in [0.25, 0.3) is 0 Å². The minimum atomic E-state index is -0.0680. The van der Waals surface area contributed by atoms with Crippen molar-refractivity contribution in [3.05, 3.63) is 52.2 Å². The van der Waals surface area contributed by atoms with E-state index in [2.05, 4.69) is 21.9 Å². The molecule has 0 bridgehead atoms. The van der Waals surface area contributed by atoms with E-state index in [1.807, 2.05) is 37.4 Å². The summed E-state index contributed by atoms with van der Waals surface area (Å²) < 4.78 is 0. The number of carbonyl (C=O) groups excluding carboxylic acids is 1. The molecule has 3 aromatic rings. The molecule has 0 aliphatic rings. The van der Waals surface area contributed by atoms with Gasteiger partial charge in [0.1, 0.15) is 5.82 Å². The molecule has 140 valence electrons. The molecule has 0 aliphatic heterocycles. The lowest BCUT2D eigenvalue weighted by atomic mass is 10.1. The summed E-state index contributed by atoms with van der Waals surface area (Å²) in [5, 5.41) is 3.24. The van der Waals surface area contributed by atoms with Gasteiger partial charge in [0.2, 0.25) is 5.91 Å². The molecule has 0 saturated heterocycles. The average molecular weight is 400 g/mol. The Hall–Kier alpha value is -2.45. The SMILES string of the molecule is CC(=O)N(c1ccc(C)c(C)c1)c1nc(CSc2nc(C)cc(N)n2)cs1. The number of thiazole rings is 1. The highest BCUT2D eigenvalue weighted by molar-refractivity contribution is 7.98. The first-order valence-corrected chi connectivity index (χ1v) is 10.3. The zero-order valence-corrected chi connectivity index (χ0v) is 17.3. The minimum Gasteiger partial charge on any atom is -0.384 e. The number of anilines is 3. The van der Waals surface area contributed by atoms with E-state index in [9.17, 15) is 4.79 Å². The van der Waals surface area contributed by atoms with E-state index in [0.29, 0.717) is 21.9 Å². The van der Waals surface area contributed by atoms with Crippen molar-refractivity contribution in [3.63, 3.8) is 0 Å². The lowest BCUT2D eigenvalue weighted by Crippen LogP contribution is -2.22. The van der Waals surface area contributed by atoms with E-state index in [1.165, 1.54) is 28.7 Å². The summed E-state index contributed by atoms with van der Waals surface area (Å²) in [6.07, 6.45) is 0. The van der Waals surface area contributed by atoms with E-state index < -0.39 is 0 Å². The number of nitrogen functional groups attached to an aromatic ring is 1. The van der Waals surface area contributed by atoms with E-state index in [4.69, 9.17) is 5.73 Å². The number of nitrogens with two attached hydrogens (primary N) is 1. The van der Waals surface area contributed by atoms with Crippen molar-refractivity contribution in [2.45, 2.75) is 38.6 Å². The van der Waals surface area contributed by atoms with Crippen LogP contribution in [0.15, 0.2) is 34.8 Å². The normalized spacial score (nSPS) is 10.8. The zero-order valence-electron chi connectivity index (χ0n) is 15.7. The molecule has 0 radical (unpaired) electrons. The minimum absolute atomic E-state index is 0.0680. The molecule has 8 heteroatoms. The van der Waals surface area contributed by atoms with E-state index >= 15 is 0 Å². The molecular weight excluding hydrogens is 378 g/mol. The van der Waals surface area contributed by atoms with Crippen molar-refractivity contribution in [2.75, 3.05) is 10.6 Å². The Balaban J connectivity index is 1.79. The Morgan fingerprint density at radius 1 is 1.15 bits per heavy atom. The lowest BCUT2D eigenvalue weighted by Gasteiger charge is -2.19. The molecule has 27 heavy (non-hydrogen) atoms. The topological polar surface area (TPSA) is 85.0 Å². The number of aromatic nitrogens is 3. The number of benzene rings is 1. The van der Waals surface area contributed by atoms with Gasteiger partial charge in [0, 0.05) is 29.8 Å². The molecular formula is C19H21N5OS2. The van der Waals surface area contributed by atoms with E-state index in [1.54, 1.807) is 17.9 Å². The molecule has 6 nitrogen and oxygen atoms in total. The Kier molecular flexibility index (Phi) is 5.76. The lowest BCUT2D eigenvalue weighted by molar-refractivity contribution is -0.115. The smallest absolute Gasteiger partial charge is 0.230 e. The molecule has 0 aliphatic carbocycles. The van der Waals surface area contributed by atoms with Gasteiger partial charge in [0.25, 0.3) is 0 Å². The molecule has 2 N–H and O–H groups in total. The summed E-state index contributed by atoms with van der Waals surface area (Å²) in [6, 6.07) is 7.71. The van der Waals surface area contributed by atoms with Crippen LogP contribution in [-0.2, 0) is 10.5 Å². The van der Waals surface area contributed by atoms with Crippen LogP contribution in [0, 0.1) is 20.8 Å². The number of rotatable bonds is 5. The van der Waals surface area contributed by atoms with Crippen molar-refractivity contribution in [3.8, 4) is 0 Å². The molecule has 0 unspecified atom stereocenters. The third-order valence-corrected chi connectivity index (χ3v) is 5.75. The molecule has 2 aromatic heterocycles. The fourth-order valence-electron chi connectivity index (χ4n) is 2.52. The van der Waals surface area contributed by atoms with Gasteiger partial charge in [-0.2, -0.15) is 0 Å². The van der Waals surface area contributed by atoms with Crippen LogP contribution in [0.5, 0.6) is 0 Å². The Bertz CT molecular complexity index is 966. The first-order valence-electron chi connectivity index (χ1n) is 8.40. The standard InChI is InChI=1S/C19H21N5OS2/c1-11-5-6-16(7-12(11)2)24(14(4)25)19-22-15(10-27-19)9-26-18-21-13(3)8-17(20)23-18/h5-8,10H,9H2,1-4H3,(H2,20,21,23). The third-order valence-electron chi connectivity index (χ3n) is 4.00. The predicted molar refractivity (Wildman–Crippen MR) is 112 cm³/mol. The number of hydrogen-bond donors (Lipinski definition) is 1. The summed E-state index contributed by atoms with van der Waals surface area (Å²) in [7, 11) is 0. The van der Waals surface area contributed by atoms with Crippen LogP contribution in [0.1, 0.15) is 29.4 Å². The van der Waals surface area contributed by atoms with Gasteiger partial charge in [-0.25, -0.2) is 15.0 Å². The van der Waals surface area contributed by atoms with Crippen molar-refractivity contribution in [2.24, 2.45) is 0 Å². The second-order valence-corrected chi connectivity index (χ2v) is 8.03. The van der Waals surface area contributed by atoms with Crippen LogP contribution in [-0.4, -0.2) is 20.9 Å². The molecule has 1 aromatic carbocycles. The summed E-state index contributed by atoms with van der Waals surface area (Å²) in [5.41, 5.74) is 10.6. The molecule has 3 rings (SSSR count). The van der Waals surface area contributed by atoms with Gasteiger partial charge in [-0.05, 0) is 44.0 Å². The largest absolute Gasteiger partial charge is 0.384 e. The van der Waals surface area contributed by atoms with Crippen LogP contribution in [0.2, 0.25) is 0 Å². The third kappa shape index (κ3) is 4.64. The van der Waals surface area contributed by atoms with Gasteiger partial charge in [0.05, 0.1) is 11.4 Å². The Morgan fingerprint density at radius 3 is 2.59 bits per heavy atom. The number of thioether (sulfide) groups is 1. The van der Waals surface area contributed by atoms with Crippen LogP contribution in [0.4, 0.5) is 16.6 Å². The number of nitrogens with zero attached hydrogens (tertiary/aromatic N) is 4. The molecule has 2 heterocycles. The Labute approximate surface area is 166 Å². The van der Waals surface area contributed by atoms with Gasteiger partial charge in [0.15, 0.2) is 10.3 Å². The summed E-state index contributed by atoms with van der Waals surface area (Å²) in [5.74, 6) is 1.00. The molecule has 0 atom stereocenters. The van der Waals surface area contributed by atoms with Gasteiger partial charge in [-0.15, -0.1) is 11.3 Å². The van der Waals surface area contributed by atoms with Gasteiger partial charge in [-0.3, -0.25) is 9.69 Å². The maximum Gasteiger partial charge on any atom is 0.230 e. The second kappa shape index (κ2) is 8.06. The fourth-order valence-corrected chi connectivity index (χ4v) is 4.32. The molecule has 0 saturated carbocycles. The number of hydrogen-bond acceptors (Lipinski definition) is 7. The van der Waals surface area contributed by atoms with Crippen molar-refractivity contribution in [1.29, 1.82) is 0 Å². The van der Waals surface area contributed by atoms with E-state index in [-0.39, 0.29) is 5.91 Å². The van der Waals surface area contributed by atoms with Crippen LogP contribution >= 0.6 is 23.1 Å². The van der Waals surface area contributed by atoms with Crippen molar-refractivity contribution >= 4 is 45.6 Å². The van der Waals surface area contributed by atoms with Crippen LogP contribution in [0.3, 0.4) is 0 Å². The van der Waals surface area contributed by atoms with Crippen molar-refractivity contribution < 1.29 is 4.79 Å². The maximum atomic E-state index is 12.3. The highest BCUT2D eigenvalue weighted by Crippen LogP contribution is 2.31. The predicted octanol–water partition coefficient (Wildman–Crippen LogP) is 4.42. The second-order valence-electron chi connectivity index (χ2n) is 6.25. The van der Waals surface area contributed by atoms with Crippen molar-refractivity contribution in [1.82, 2.24) is 15.0 Å². The highest BCUT2D eigenvalue weighted by Gasteiger charge is 2.18. The summed E-state index contributed by atoms with van der Waals surface area (Å²) >= 11 is 2.92. The average Bonchev–Trinajstić information content (AvgIpc) is 3.04. The first kappa shape index (κ1) is 19.3. The zero-order chi connectivity index (χ0) is 19.6. The molecule has 1 amide bonds. The van der Waals surface area contributed by atoms with Gasteiger partial charge >= 0.3 is 0 Å². The van der Waals surface area contributed by atoms with Gasteiger partial charge in [-0.1, -0.05) is 17.8 Å². The first-order chi connectivity index (χ1) is 12.8.